The number of hydrogen-bond acceptors (Lipinski definition) is 3. The number of nitrogens with one attached hydrogen (secondary N) is 1. The third kappa shape index (κ3) is 4.75. The molecule has 1 aliphatic carbocycles. The van der Waals surface area contributed by atoms with Crippen molar-refractivity contribution in [1.82, 2.24) is 20.2 Å². The van der Waals surface area contributed by atoms with Gasteiger partial charge >= 0.3 is 6.03 Å². The van der Waals surface area contributed by atoms with Gasteiger partial charge in [-0.05, 0) is 42.9 Å². The molecule has 6 heteroatoms. The molecule has 0 unspecified atom stereocenters. The topological polar surface area (TPSA) is 58.1 Å². The number of carbonyl (C=O) groups excluding carboxylic acids is 1. The van der Waals surface area contributed by atoms with Crippen molar-refractivity contribution < 1.29 is 9.18 Å². The van der Waals surface area contributed by atoms with Gasteiger partial charge in [0.1, 0.15) is 5.82 Å². The Morgan fingerprint density at radius 1 is 1.36 bits per heavy atom. The van der Waals surface area contributed by atoms with Crippen LogP contribution in [0.3, 0.4) is 0 Å². The Bertz CT molecular complexity index is 710. The van der Waals surface area contributed by atoms with E-state index < -0.39 is 0 Å². The fraction of sp³-hybridized carbons (Fsp3) is 0.421. The van der Waals surface area contributed by atoms with Gasteiger partial charge in [-0.15, -0.1) is 0 Å². The van der Waals surface area contributed by atoms with Gasteiger partial charge in [0.15, 0.2) is 0 Å². The number of carbonyl (C=O) groups is 1. The summed E-state index contributed by atoms with van der Waals surface area (Å²) in [6, 6.07) is 6.83. The van der Waals surface area contributed by atoms with E-state index in [1.165, 1.54) is 6.07 Å². The third-order valence-electron chi connectivity index (χ3n) is 4.75. The zero-order valence-corrected chi connectivity index (χ0v) is 14.4. The summed E-state index contributed by atoms with van der Waals surface area (Å²) in [7, 11) is 1.78. The highest BCUT2D eigenvalue weighted by Gasteiger charge is 2.27. The summed E-state index contributed by atoms with van der Waals surface area (Å²) in [4.78, 5) is 22.2. The van der Waals surface area contributed by atoms with Crippen molar-refractivity contribution in [1.29, 1.82) is 0 Å². The van der Waals surface area contributed by atoms with E-state index in [4.69, 9.17) is 0 Å². The van der Waals surface area contributed by atoms with Gasteiger partial charge in [0.25, 0.3) is 0 Å². The maximum Gasteiger partial charge on any atom is 0.317 e. The van der Waals surface area contributed by atoms with Crippen LogP contribution in [0.5, 0.6) is 0 Å². The maximum atomic E-state index is 13.4. The molecule has 3 rings (SSSR count). The van der Waals surface area contributed by atoms with Crippen LogP contribution in [-0.4, -0.2) is 40.5 Å². The summed E-state index contributed by atoms with van der Waals surface area (Å²) in [5.74, 6) is 0.111. The maximum absolute atomic E-state index is 13.4. The summed E-state index contributed by atoms with van der Waals surface area (Å²) >= 11 is 0. The first-order chi connectivity index (χ1) is 12.1. The van der Waals surface area contributed by atoms with Crippen LogP contribution in [0.15, 0.2) is 42.9 Å². The lowest BCUT2D eigenvalue weighted by atomic mass is 9.97. The van der Waals surface area contributed by atoms with E-state index >= 15 is 0 Å². The van der Waals surface area contributed by atoms with Gasteiger partial charge in [0, 0.05) is 44.6 Å². The Morgan fingerprint density at radius 3 is 3.00 bits per heavy atom. The number of urea groups is 1. The highest BCUT2D eigenvalue weighted by molar-refractivity contribution is 5.74. The van der Waals surface area contributed by atoms with Crippen molar-refractivity contribution in [3.8, 4) is 0 Å². The van der Waals surface area contributed by atoms with E-state index in [9.17, 15) is 9.18 Å². The Morgan fingerprint density at radius 2 is 2.24 bits per heavy atom. The van der Waals surface area contributed by atoms with Gasteiger partial charge in [-0.25, -0.2) is 9.18 Å². The molecule has 0 bridgehead atoms. The van der Waals surface area contributed by atoms with Crippen LogP contribution < -0.4 is 5.32 Å². The minimum Gasteiger partial charge on any atom is -0.335 e. The zero-order chi connectivity index (χ0) is 17.6. The average molecular weight is 342 g/mol. The molecule has 1 N–H and O–H groups in total. The van der Waals surface area contributed by atoms with Crippen molar-refractivity contribution in [3.63, 3.8) is 0 Å². The quantitative estimate of drug-likeness (QED) is 0.908. The molecule has 0 radical (unpaired) electrons. The predicted octanol–water partition coefficient (Wildman–Crippen LogP) is 3.14. The summed E-state index contributed by atoms with van der Waals surface area (Å²) in [6.45, 7) is 0.588. The molecule has 2 amide bonds. The number of benzene rings is 1. The average Bonchev–Trinajstić information content (AvgIpc) is 3.09. The van der Waals surface area contributed by atoms with Crippen molar-refractivity contribution in [2.24, 2.45) is 0 Å². The number of halogens is 1. The summed E-state index contributed by atoms with van der Waals surface area (Å²) in [6.07, 6.45) is 8.42. The van der Waals surface area contributed by atoms with Crippen LogP contribution in [-0.2, 0) is 6.42 Å². The molecule has 2 aromatic rings. The predicted molar refractivity (Wildman–Crippen MR) is 93.7 cm³/mol. The normalized spacial score (nSPS) is 19.6. The molecule has 1 fully saturated rings. The summed E-state index contributed by atoms with van der Waals surface area (Å²) < 4.78 is 13.4. The SMILES string of the molecule is CN(CCc1cnccn1)C(=O)N[C@H]1CC[C@H](c2cccc(F)c2)C1. The third-order valence-corrected chi connectivity index (χ3v) is 4.75. The number of nitrogens with zero attached hydrogens (tertiary/aromatic N) is 3. The first-order valence-electron chi connectivity index (χ1n) is 8.64. The van der Waals surface area contributed by atoms with Crippen molar-refractivity contribution in [2.75, 3.05) is 13.6 Å². The molecule has 25 heavy (non-hydrogen) atoms. The molecule has 1 aromatic carbocycles. The van der Waals surface area contributed by atoms with Crippen LogP contribution >= 0.6 is 0 Å². The standard InChI is InChI=1S/C19H23FN4O/c1-24(10-7-18-13-21-8-9-22-18)19(25)23-17-6-5-15(12-17)14-3-2-4-16(20)11-14/h2-4,8-9,11,13,15,17H,5-7,10,12H2,1H3,(H,23,25)/t15-,17-/m0/s1. The van der Waals surface area contributed by atoms with Crippen molar-refractivity contribution in [3.05, 3.63) is 59.9 Å². The number of likely N-dealkylation sites (N-methyl/N-ethyl adjacent to an activating group) is 1. The Hall–Kier alpha value is -2.50. The molecular formula is C19H23FN4O. The van der Waals surface area contributed by atoms with Gasteiger partial charge < -0.3 is 10.2 Å². The fourth-order valence-corrected chi connectivity index (χ4v) is 3.30. The molecule has 0 spiro atoms. The van der Waals surface area contributed by atoms with E-state index in [1.54, 1.807) is 42.7 Å². The highest BCUT2D eigenvalue weighted by Crippen LogP contribution is 2.34. The summed E-state index contributed by atoms with van der Waals surface area (Å²) in [5, 5.41) is 3.09. The molecule has 1 saturated carbocycles. The molecule has 1 heterocycles. The molecule has 2 atom stereocenters. The van der Waals surface area contributed by atoms with Gasteiger partial charge in [-0.3, -0.25) is 9.97 Å². The van der Waals surface area contributed by atoms with Crippen LogP contribution in [0.4, 0.5) is 9.18 Å². The second-order valence-corrected chi connectivity index (χ2v) is 6.58. The number of amides is 2. The van der Waals surface area contributed by atoms with E-state index in [0.29, 0.717) is 18.9 Å². The number of rotatable bonds is 5. The molecule has 1 aliphatic rings. The first kappa shape index (κ1) is 17.3. The second kappa shape index (κ2) is 8.05. The smallest absolute Gasteiger partial charge is 0.317 e. The lowest BCUT2D eigenvalue weighted by Gasteiger charge is -2.21. The highest BCUT2D eigenvalue weighted by atomic mass is 19.1. The Balaban J connectivity index is 1.46. The van der Waals surface area contributed by atoms with Crippen LogP contribution in [0.1, 0.15) is 36.4 Å². The lowest BCUT2D eigenvalue weighted by molar-refractivity contribution is 0.205. The van der Waals surface area contributed by atoms with Crippen molar-refractivity contribution in [2.45, 2.75) is 37.6 Å². The van der Waals surface area contributed by atoms with Gasteiger partial charge in [-0.1, -0.05) is 12.1 Å². The van der Waals surface area contributed by atoms with Crippen LogP contribution in [0, 0.1) is 5.82 Å². The lowest BCUT2D eigenvalue weighted by Crippen LogP contribution is -2.42. The Labute approximate surface area is 147 Å². The molecule has 0 saturated heterocycles. The second-order valence-electron chi connectivity index (χ2n) is 6.58. The van der Waals surface area contributed by atoms with Crippen LogP contribution in [0.25, 0.3) is 0 Å². The fourth-order valence-electron chi connectivity index (χ4n) is 3.30. The van der Waals surface area contributed by atoms with Gasteiger partial charge in [0.05, 0.1) is 5.69 Å². The molecule has 0 aliphatic heterocycles. The summed E-state index contributed by atoms with van der Waals surface area (Å²) in [5.41, 5.74) is 1.89. The van der Waals surface area contributed by atoms with E-state index in [2.05, 4.69) is 15.3 Å². The number of hydrogen-bond donors (Lipinski definition) is 1. The monoisotopic (exact) mass is 342 g/mol. The first-order valence-corrected chi connectivity index (χ1v) is 8.64. The Kier molecular flexibility index (Phi) is 5.58. The minimum atomic E-state index is -0.200. The van der Waals surface area contributed by atoms with E-state index in [1.807, 2.05) is 6.07 Å². The number of aromatic nitrogens is 2. The van der Waals surface area contributed by atoms with Crippen molar-refractivity contribution >= 4 is 6.03 Å². The van der Waals surface area contributed by atoms with Gasteiger partial charge in [-0.2, -0.15) is 0 Å². The molecule has 1 aromatic heterocycles. The largest absolute Gasteiger partial charge is 0.335 e. The zero-order valence-electron chi connectivity index (χ0n) is 14.4. The van der Waals surface area contributed by atoms with Gasteiger partial charge in [0.2, 0.25) is 0 Å². The van der Waals surface area contributed by atoms with Crippen LogP contribution in [0.2, 0.25) is 0 Å². The molecular weight excluding hydrogens is 319 g/mol. The molecule has 132 valence electrons. The van der Waals surface area contributed by atoms with E-state index in [0.717, 1.165) is 30.5 Å². The minimum absolute atomic E-state index is 0.0752. The van der Waals surface area contributed by atoms with E-state index in [-0.39, 0.29) is 17.9 Å². The molecule has 5 nitrogen and oxygen atoms in total.